The average Bonchev–Trinajstić information content (AvgIpc) is 2.66. The standard InChI is InChI=1S/C24H26N4O/c1-16-5-6-21(11-17(16)2)12-18(3)27-22-9-7-20(8-10-22)13-23-14-24(26-15-25-23)28-19(4)29/h5-11,14-15,27H,3,12-13H2,1-2,4H3,(H,25,26,28,29). The number of amides is 1. The Labute approximate surface area is 171 Å². The molecule has 0 unspecified atom stereocenters. The Bertz CT molecular complexity index is 1030. The number of anilines is 2. The molecule has 5 nitrogen and oxygen atoms in total. The van der Waals surface area contributed by atoms with Crippen molar-refractivity contribution in [2.24, 2.45) is 0 Å². The van der Waals surface area contributed by atoms with Crippen LogP contribution in [0.4, 0.5) is 11.5 Å². The molecule has 0 saturated carbocycles. The summed E-state index contributed by atoms with van der Waals surface area (Å²) in [4.78, 5) is 19.5. The number of benzene rings is 2. The zero-order valence-electron chi connectivity index (χ0n) is 17.1. The highest BCUT2D eigenvalue weighted by Crippen LogP contribution is 2.18. The second-order valence-corrected chi connectivity index (χ2v) is 7.27. The van der Waals surface area contributed by atoms with Crippen molar-refractivity contribution in [2.45, 2.75) is 33.6 Å². The second-order valence-electron chi connectivity index (χ2n) is 7.27. The van der Waals surface area contributed by atoms with E-state index in [1.807, 2.05) is 12.1 Å². The van der Waals surface area contributed by atoms with Gasteiger partial charge in [-0.25, -0.2) is 9.97 Å². The van der Waals surface area contributed by atoms with Crippen molar-refractivity contribution in [3.05, 3.63) is 95.1 Å². The Hall–Kier alpha value is -3.47. The minimum atomic E-state index is -0.147. The fraction of sp³-hybridized carbons (Fsp3) is 0.208. The molecule has 148 valence electrons. The number of allylic oxidation sites excluding steroid dienone is 1. The molecule has 0 aliphatic carbocycles. The van der Waals surface area contributed by atoms with Gasteiger partial charge < -0.3 is 10.6 Å². The quantitative estimate of drug-likeness (QED) is 0.611. The first-order valence-corrected chi connectivity index (χ1v) is 9.57. The number of nitrogens with zero attached hydrogens (tertiary/aromatic N) is 2. The van der Waals surface area contributed by atoms with Gasteiger partial charge in [-0.1, -0.05) is 36.9 Å². The van der Waals surface area contributed by atoms with Crippen molar-refractivity contribution in [3.8, 4) is 0 Å². The van der Waals surface area contributed by atoms with E-state index in [4.69, 9.17) is 0 Å². The predicted molar refractivity (Wildman–Crippen MR) is 118 cm³/mol. The lowest BCUT2D eigenvalue weighted by molar-refractivity contribution is -0.114. The van der Waals surface area contributed by atoms with Gasteiger partial charge in [-0.2, -0.15) is 0 Å². The van der Waals surface area contributed by atoms with Crippen molar-refractivity contribution in [2.75, 3.05) is 10.6 Å². The van der Waals surface area contributed by atoms with Gasteiger partial charge in [0.25, 0.3) is 0 Å². The third kappa shape index (κ3) is 6.01. The Morgan fingerprint density at radius 3 is 2.34 bits per heavy atom. The summed E-state index contributed by atoms with van der Waals surface area (Å²) in [6, 6.07) is 16.5. The van der Waals surface area contributed by atoms with Gasteiger partial charge in [0.2, 0.25) is 5.91 Å². The molecule has 29 heavy (non-hydrogen) atoms. The molecule has 3 aromatic rings. The van der Waals surface area contributed by atoms with Crippen molar-refractivity contribution < 1.29 is 4.79 Å². The van der Waals surface area contributed by atoms with E-state index in [-0.39, 0.29) is 5.91 Å². The number of aromatic nitrogens is 2. The van der Waals surface area contributed by atoms with E-state index in [9.17, 15) is 4.79 Å². The lowest BCUT2D eigenvalue weighted by Gasteiger charge is -2.12. The highest BCUT2D eigenvalue weighted by molar-refractivity contribution is 5.87. The SMILES string of the molecule is C=C(Cc1ccc(C)c(C)c1)Nc1ccc(Cc2cc(NC(C)=O)ncn2)cc1. The molecule has 0 atom stereocenters. The van der Waals surface area contributed by atoms with Gasteiger partial charge >= 0.3 is 0 Å². The van der Waals surface area contributed by atoms with Crippen LogP contribution in [0, 0.1) is 13.8 Å². The van der Waals surface area contributed by atoms with Crippen molar-refractivity contribution in [1.29, 1.82) is 0 Å². The van der Waals surface area contributed by atoms with Gasteiger partial charge in [-0.05, 0) is 48.2 Å². The second kappa shape index (κ2) is 9.15. The van der Waals surface area contributed by atoms with Gasteiger partial charge in [-0.15, -0.1) is 0 Å². The van der Waals surface area contributed by atoms with Gasteiger partial charge in [0.1, 0.15) is 12.1 Å². The molecule has 0 saturated heterocycles. The van der Waals surface area contributed by atoms with Gasteiger partial charge in [0.05, 0.1) is 5.69 Å². The highest BCUT2D eigenvalue weighted by Gasteiger charge is 2.04. The van der Waals surface area contributed by atoms with Crippen LogP contribution in [-0.4, -0.2) is 15.9 Å². The fourth-order valence-corrected chi connectivity index (χ4v) is 3.07. The first-order valence-electron chi connectivity index (χ1n) is 9.57. The monoisotopic (exact) mass is 386 g/mol. The molecule has 0 fully saturated rings. The van der Waals surface area contributed by atoms with Crippen molar-refractivity contribution >= 4 is 17.4 Å². The third-order valence-electron chi connectivity index (χ3n) is 4.68. The first-order chi connectivity index (χ1) is 13.9. The minimum absolute atomic E-state index is 0.147. The van der Waals surface area contributed by atoms with Crippen LogP contribution in [0.15, 0.2) is 67.1 Å². The molecular weight excluding hydrogens is 360 g/mol. The minimum Gasteiger partial charge on any atom is -0.359 e. The molecule has 0 aliphatic heterocycles. The van der Waals surface area contributed by atoms with Crippen LogP contribution in [0.3, 0.4) is 0 Å². The molecule has 1 heterocycles. The molecule has 0 radical (unpaired) electrons. The number of hydrogen-bond acceptors (Lipinski definition) is 4. The normalized spacial score (nSPS) is 10.4. The molecule has 0 spiro atoms. The Morgan fingerprint density at radius 2 is 1.66 bits per heavy atom. The molecular formula is C24H26N4O. The molecule has 0 bridgehead atoms. The zero-order chi connectivity index (χ0) is 20.8. The molecule has 2 N–H and O–H groups in total. The lowest BCUT2D eigenvalue weighted by Crippen LogP contribution is -2.08. The van der Waals surface area contributed by atoms with E-state index in [2.05, 4.69) is 71.4 Å². The maximum atomic E-state index is 11.2. The van der Waals surface area contributed by atoms with Gasteiger partial charge in [0, 0.05) is 37.2 Å². The largest absolute Gasteiger partial charge is 0.359 e. The predicted octanol–water partition coefficient (Wildman–Crippen LogP) is 4.81. The molecule has 1 aromatic heterocycles. The van der Waals surface area contributed by atoms with Crippen LogP contribution in [0.2, 0.25) is 0 Å². The van der Waals surface area contributed by atoms with E-state index in [0.717, 1.165) is 29.1 Å². The van der Waals surface area contributed by atoms with Crippen LogP contribution in [0.5, 0.6) is 0 Å². The third-order valence-corrected chi connectivity index (χ3v) is 4.68. The van der Waals surface area contributed by atoms with E-state index in [1.54, 1.807) is 6.07 Å². The zero-order valence-corrected chi connectivity index (χ0v) is 17.1. The number of carbonyl (C=O) groups is 1. The Balaban J connectivity index is 1.59. The number of carbonyl (C=O) groups excluding carboxylic acids is 1. The van der Waals surface area contributed by atoms with Crippen LogP contribution in [0.1, 0.15) is 34.9 Å². The van der Waals surface area contributed by atoms with E-state index in [1.165, 1.54) is 29.9 Å². The summed E-state index contributed by atoms with van der Waals surface area (Å²) in [5.74, 6) is 0.370. The molecule has 5 heteroatoms. The summed E-state index contributed by atoms with van der Waals surface area (Å²) >= 11 is 0. The summed E-state index contributed by atoms with van der Waals surface area (Å²) in [5, 5.41) is 6.06. The molecule has 0 aliphatic rings. The van der Waals surface area contributed by atoms with E-state index >= 15 is 0 Å². The number of hydrogen-bond donors (Lipinski definition) is 2. The van der Waals surface area contributed by atoms with Gasteiger partial charge in [0.15, 0.2) is 0 Å². The molecule has 2 aromatic carbocycles. The maximum absolute atomic E-state index is 11.2. The van der Waals surface area contributed by atoms with Gasteiger partial charge in [-0.3, -0.25) is 4.79 Å². The average molecular weight is 386 g/mol. The van der Waals surface area contributed by atoms with E-state index in [0.29, 0.717) is 12.2 Å². The van der Waals surface area contributed by atoms with E-state index < -0.39 is 0 Å². The van der Waals surface area contributed by atoms with Crippen LogP contribution < -0.4 is 10.6 Å². The number of aryl methyl sites for hydroxylation is 2. The highest BCUT2D eigenvalue weighted by atomic mass is 16.1. The van der Waals surface area contributed by atoms with Crippen molar-refractivity contribution in [1.82, 2.24) is 9.97 Å². The summed E-state index contributed by atoms with van der Waals surface area (Å²) < 4.78 is 0. The fourth-order valence-electron chi connectivity index (χ4n) is 3.07. The van der Waals surface area contributed by atoms with Crippen molar-refractivity contribution in [3.63, 3.8) is 0 Å². The molecule has 1 amide bonds. The Morgan fingerprint density at radius 1 is 0.931 bits per heavy atom. The number of nitrogens with one attached hydrogen (secondary N) is 2. The van der Waals surface area contributed by atoms with Crippen LogP contribution in [-0.2, 0) is 17.6 Å². The summed E-state index contributed by atoms with van der Waals surface area (Å²) in [5.41, 5.74) is 7.79. The van der Waals surface area contributed by atoms with Crippen LogP contribution in [0.25, 0.3) is 0 Å². The molecule has 3 rings (SSSR count). The number of rotatable bonds is 7. The Kier molecular flexibility index (Phi) is 6.39. The lowest BCUT2D eigenvalue weighted by atomic mass is 10.0. The smallest absolute Gasteiger partial charge is 0.222 e. The topological polar surface area (TPSA) is 66.9 Å². The first kappa shape index (κ1) is 20.3. The van der Waals surface area contributed by atoms with Crippen LogP contribution >= 0.6 is 0 Å². The maximum Gasteiger partial charge on any atom is 0.222 e. The summed E-state index contributed by atoms with van der Waals surface area (Å²) in [6.45, 7) is 9.87. The summed E-state index contributed by atoms with van der Waals surface area (Å²) in [6.07, 6.45) is 2.92. The summed E-state index contributed by atoms with van der Waals surface area (Å²) in [7, 11) is 0.